The molecule has 0 bridgehead atoms. The fourth-order valence-electron chi connectivity index (χ4n) is 2.35. The summed E-state index contributed by atoms with van der Waals surface area (Å²) < 4.78 is 40.6. The van der Waals surface area contributed by atoms with Gasteiger partial charge in [-0.05, 0) is 44.6 Å². The van der Waals surface area contributed by atoms with Crippen molar-refractivity contribution in [3.05, 3.63) is 23.5 Å². The second-order valence-corrected chi connectivity index (χ2v) is 7.12. The lowest BCUT2D eigenvalue weighted by Gasteiger charge is -2.21. The molecule has 0 aromatic heterocycles. The molecule has 0 unspecified atom stereocenters. The molecule has 0 aliphatic carbocycles. The number of nitrogens with two attached hydrogens (primary N) is 1. The van der Waals surface area contributed by atoms with Gasteiger partial charge in [0.1, 0.15) is 10.7 Å². The van der Waals surface area contributed by atoms with E-state index in [1.165, 1.54) is 23.4 Å². The third kappa shape index (κ3) is 2.94. The van der Waals surface area contributed by atoms with E-state index in [2.05, 4.69) is 4.90 Å². The van der Waals surface area contributed by atoms with Crippen LogP contribution in [0.3, 0.4) is 0 Å². The molecule has 7 heteroatoms. The smallest absolute Gasteiger partial charge is 0.246 e. The van der Waals surface area contributed by atoms with Gasteiger partial charge in [0.2, 0.25) is 10.0 Å². The average Bonchev–Trinajstić information content (AvgIpc) is 2.58. The van der Waals surface area contributed by atoms with E-state index in [4.69, 9.17) is 5.73 Å². The Kier molecular flexibility index (Phi) is 4.31. The molecule has 1 heterocycles. The van der Waals surface area contributed by atoms with Gasteiger partial charge in [-0.15, -0.1) is 0 Å². The molecule has 1 fully saturated rings. The number of rotatable bonds is 2. The summed E-state index contributed by atoms with van der Waals surface area (Å²) in [5, 5.41) is 0. The van der Waals surface area contributed by atoms with Gasteiger partial charge in [-0.3, -0.25) is 0 Å². The van der Waals surface area contributed by atoms with Crippen LogP contribution in [0.25, 0.3) is 0 Å². The van der Waals surface area contributed by atoms with Crippen molar-refractivity contribution in [2.45, 2.75) is 18.2 Å². The Labute approximate surface area is 119 Å². The number of hydrogen-bond acceptors (Lipinski definition) is 4. The third-order valence-corrected chi connectivity index (χ3v) is 5.44. The van der Waals surface area contributed by atoms with E-state index in [0.29, 0.717) is 19.6 Å². The Balaban J connectivity index is 2.40. The summed E-state index contributed by atoms with van der Waals surface area (Å²) in [6, 6.07) is 2.64. The number of nitrogen functional groups attached to an aromatic ring is 1. The molecular formula is C13H20FN3O2S. The lowest BCUT2D eigenvalue weighted by Crippen LogP contribution is -2.35. The summed E-state index contributed by atoms with van der Waals surface area (Å²) in [4.78, 5) is 1.75. The highest BCUT2D eigenvalue weighted by Crippen LogP contribution is 2.25. The van der Waals surface area contributed by atoms with Crippen LogP contribution in [0.4, 0.5) is 10.1 Å². The summed E-state index contributed by atoms with van der Waals surface area (Å²) in [5.41, 5.74) is 6.15. The molecule has 0 amide bonds. The molecule has 0 saturated carbocycles. The molecule has 0 radical (unpaired) electrons. The van der Waals surface area contributed by atoms with Crippen molar-refractivity contribution < 1.29 is 12.8 Å². The molecular weight excluding hydrogens is 281 g/mol. The zero-order chi connectivity index (χ0) is 14.9. The number of hydrogen-bond donors (Lipinski definition) is 1. The van der Waals surface area contributed by atoms with Crippen molar-refractivity contribution in [1.29, 1.82) is 0 Å². The highest BCUT2D eigenvalue weighted by molar-refractivity contribution is 7.89. The molecule has 0 atom stereocenters. The van der Waals surface area contributed by atoms with Crippen molar-refractivity contribution in [3.63, 3.8) is 0 Å². The molecule has 1 aliphatic heterocycles. The first kappa shape index (κ1) is 15.2. The van der Waals surface area contributed by atoms with E-state index in [1.807, 2.05) is 7.05 Å². The standard InChI is InChI=1S/C13H20FN3O2S/c1-10-8-11(15)9-12(13(10)14)20(18,19)17-5-3-4-16(2)6-7-17/h8-9H,3-7,15H2,1-2H3. The minimum atomic E-state index is -3.83. The monoisotopic (exact) mass is 301 g/mol. The van der Waals surface area contributed by atoms with Crippen molar-refractivity contribution in [3.8, 4) is 0 Å². The van der Waals surface area contributed by atoms with Crippen LogP contribution in [0, 0.1) is 12.7 Å². The van der Waals surface area contributed by atoms with Crippen LogP contribution in [0.1, 0.15) is 12.0 Å². The average molecular weight is 301 g/mol. The summed E-state index contributed by atoms with van der Waals surface area (Å²) in [6.45, 7) is 3.76. The second-order valence-electron chi connectivity index (χ2n) is 5.21. The molecule has 2 N–H and O–H groups in total. The number of aryl methyl sites for hydroxylation is 1. The van der Waals surface area contributed by atoms with E-state index in [1.54, 1.807) is 0 Å². The fraction of sp³-hybridized carbons (Fsp3) is 0.538. The molecule has 112 valence electrons. The van der Waals surface area contributed by atoms with Crippen molar-refractivity contribution in [1.82, 2.24) is 9.21 Å². The van der Waals surface area contributed by atoms with Crippen LogP contribution in [0.15, 0.2) is 17.0 Å². The first-order valence-corrected chi connectivity index (χ1v) is 8.00. The van der Waals surface area contributed by atoms with E-state index >= 15 is 0 Å². The first-order valence-electron chi connectivity index (χ1n) is 6.56. The SMILES string of the molecule is Cc1cc(N)cc(S(=O)(=O)N2CCCN(C)CC2)c1F. The van der Waals surface area contributed by atoms with E-state index < -0.39 is 15.8 Å². The number of halogens is 1. The zero-order valence-electron chi connectivity index (χ0n) is 11.8. The lowest BCUT2D eigenvalue weighted by molar-refractivity contribution is 0.347. The second kappa shape index (κ2) is 5.67. The van der Waals surface area contributed by atoms with E-state index in [9.17, 15) is 12.8 Å². The highest BCUT2D eigenvalue weighted by atomic mass is 32.2. The van der Waals surface area contributed by atoms with Crippen LogP contribution in [0.5, 0.6) is 0 Å². The Morgan fingerprint density at radius 2 is 1.90 bits per heavy atom. The Hall–Kier alpha value is -1.18. The predicted molar refractivity (Wildman–Crippen MR) is 76.4 cm³/mol. The fourth-order valence-corrected chi connectivity index (χ4v) is 4.00. The number of nitrogens with zero attached hydrogens (tertiary/aromatic N) is 2. The van der Waals surface area contributed by atoms with Gasteiger partial charge in [-0.2, -0.15) is 4.31 Å². The van der Waals surface area contributed by atoms with Gasteiger partial charge in [0.15, 0.2) is 0 Å². The van der Waals surface area contributed by atoms with E-state index in [-0.39, 0.29) is 16.1 Å². The van der Waals surface area contributed by atoms with Crippen molar-refractivity contribution in [2.75, 3.05) is 39.0 Å². The Morgan fingerprint density at radius 1 is 1.20 bits per heavy atom. The summed E-state index contributed by atoms with van der Waals surface area (Å²) >= 11 is 0. The highest BCUT2D eigenvalue weighted by Gasteiger charge is 2.29. The van der Waals surface area contributed by atoms with Crippen molar-refractivity contribution >= 4 is 15.7 Å². The van der Waals surface area contributed by atoms with Crippen LogP contribution in [0.2, 0.25) is 0 Å². The van der Waals surface area contributed by atoms with Gasteiger partial charge in [0, 0.05) is 25.3 Å². The number of anilines is 1. The van der Waals surface area contributed by atoms with Crippen LogP contribution >= 0.6 is 0 Å². The number of sulfonamides is 1. The molecule has 0 spiro atoms. The van der Waals surface area contributed by atoms with Crippen LogP contribution in [-0.4, -0.2) is 50.8 Å². The largest absolute Gasteiger partial charge is 0.399 e. The van der Waals surface area contributed by atoms with E-state index in [0.717, 1.165) is 13.0 Å². The molecule has 1 aromatic rings. The minimum Gasteiger partial charge on any atom is -0.399 e. The summed E-state index contributed by atoms with van der Waals surface area (Å²) in [5.74, 6) is -0.711. The topological polar surface area (TPSA) is 66.6 Å². The molecule has 1 saturated heterocycles. The molecule has 5 nitrogen and oxygen atoms in total. The maximum absolute atomic E-state index is 14.1. The quantitative estimate of drug-likeness (QED) is 0.829. The number of benzene rings is 1. The number of likely N-dealkylation sites (N-methyl/N-ethyl adjacent to an activating group) is 1. The van der Waals surface area contributed by atoms with Gasteiger partial charge < -0.3 is 10.6 Å². The van der Waals surface area contributed by atoms with Crippen LogP contribution < -0.4 is 5.73 Å². The molecule has 2 rings (SSSR count). The third-order valence-electron chi connectivity index (χ3n) is 3.54. The molecule has 1 aromatic carbocycles. The van der Waals surface area contributed by atoms with Gasteiger partial charge in [0.25, 0.3) is 0 Å². The maximum atomic E-state index is 14.1. The summed E-state index contributed by atoms with van der Waals surface area (Å²) in [6.07, 6.45) is 0.735. The zero-order valence-corrected chi connectivity index (χ0v) is 12.6. The van der Waals surface area contributed by atoms with Gasteiger partial charge in [-0.25, -0.2) is 12.8 Å². The maximum Gasteiger partial charge on any atom is 0.246 e. The molecule has 1 aliphatic rings. The minimum absolute atomic E-state index is 0.246. The lowest BCUT2D eigenvalue weighted by atomic mass is 10.2. The summed E-state index contributed by atoms with van der Waals surface area (Å²) in [7, 11) is -1.89. The Bertz CT molecular complexity index is 604. The normalized spacial score (nSPS) is 18.9. The molecule has 20 heavy (non-hydrogen) atoms. The Morgan fingerprint density at radius 3 is 2.60 bits per heavy atom. The van der Waals surface area contributed by atoms with Gasteiger partial charge in [0.05, 0.1) is 0 Å². The van der Waals surface area contributed by atoms with Gasteiger partial charge in [-0.1, -0.05) is 0 Å². The van der Waals surface area contributed by atoms with Crippen molar-refractivity contribution in [2.24, 2.45) is 0 Å². The van der Waals surface area contributed by atoms with Gasteiger partial charge >= 0.3 is 0 Å². The predicted octanol–water partition coefficient (Wildman–Crippen LogP) is 1.04. The van der Waals surface area contributed by atoms with Crippen LogP contribution in [-0.2, 0) is 10.0 Å². The first-order chi connectivity index (χ1) is 9.32.